The molecule has 192 valence electrons. The molecule has 2 amide bonds. The fraction of sp³-hybridized carbons (Fsp3) is 0.481. The van der Waals surface area contributed by atoms with Crippen molar-refractivity contribution in [2.24, 2.45) is 0 Å². The van der Waals surface area contributed by atoms with Gasteiger partial charge in [0.25, 0.3) is 0 Å². The number of anilines is 1. The highest BCUT2D eigenvalue weighted by Crippen LogP contribution is 2.23. The molecule has 0 fully saturated rings. The van der Waals surface area contributed by atoms with Gasteiger partial charge >= 0.3 is 0 Å². The maximum Gasteiger partial charge on any atom is 0.242 e. The number of sulfonamides is 1. The summed E-state index contributed by atoms with van der Waals surface area (Å²) in [6.45, 7) is 6.92. The monoisotopic (exact) mass is 501 g/mol. The van der Waals surface area contributed by atoms with E-state index in [9.17, 15) is 18.0 Å². The first-order chi connectivity index (χ1) is 16.7. The van der Waals surface area contributed by atoms with Crippen LogP contribution >= 0.6 is 0 Å². The number of carbonyl (C=O) groups is 2. The Labute approximate surface area is 210 Å². The van der Waals surface area contributed by atoms with Gasteiger partial charge in [0.2, 0.25) is 21.8 Å². The van der Waals surface area contributed by atoms with Crippen molar-refractivity contribution in [2.45, 2.75) is 65.5 Å². The van der Waals surface area contributed by atoms with Crippen LogP contribution in [0.3, 0.4) is 0 Å². The molecule has 0 aliphatic carbocycles. The van der Waals surface area contributed by atoms with Crippen molar-refractivity contribution in [2.75, 3.05) is 23.7 Å². The number of hydrogen-bond donors (Lipinski definition) is 1. The maximum absolute atomic E-state index is 13.4. The lowest BCUT2D eigenvalue weighted by atomic mass is 10.1. The minimum Gasteiger partial charge on any atom is -0.354 e. The van der Waals surface area contributed by atoms with Crippen molar-refractivity contribution in [1.29, 1.82) is 0 Å². The molecule has 0 spiro atoms. The molecule has 0 aliphatic rings. The van der Waals surface area contributed by atoms with Crippen molar-refractivity contribution < 1.29 is 18.0 Å². The van der Waals surface area contributed by atoms with E-state index in [0.717, 1.165) is 24.0 Å². The molecule has 2 aromatic carbocycles. The number of unbranched alkanes of at least 4 members (excludes halogenated alkanes) is 1. The average molecular weight is 502 g/mol. The fourth-order valence-electron chi connectivity index (χ4n) is 4.03. The van der Waals surface area contributed by atoms with Gasteiger partial charge in [0, 0.05) is 26.1 Å². The lowest BCUT2D eigenvalue weighted by Gasteiger charge is -2.31. The molecule has 0 saturated carbocycles. The van der Waals surface area contributed by atoms with E-state index in [1.807, 2.05) is 56.3 Å². The van der Waals surface area contributed by atoms with Crippen LogP contribution in [0.25, 0.3) is 0 Å². The zero-order chi connectivity index (χ0) is 25.8. The van der Waals surface area contributed by atoms with Crippen molar-refractivity contribution in [3.63, 3.8) is 0 Å². The summed E-state index contributed by atoms with van der Waals surface area (Å²) in [6.07, 6.45) is 4.02. The molecule has 1 N–H and O–H groups in total. The number of hydrogen-bond acceptors (Lipinski definition) is 4. The number of amides is 2. The molecule has 2 rings (SSSR count). The van der Waals surface area contributed by atoms with Gasteiger partial charge in [-0.1, -0.05) is 68.8 Å². The van der Waals surface area contributed by atoms with Crippen LogP contribution in [0.5, 0.6) is 0 Å². The molecule has 0 aromatic heterocycles. The fourth-order valence-corrected chi connectivity index (χ4v) is 5.05. The third-order valence-electron chi connectivity index (χ3n) is 5.95. The lowest BCUT2D eigenvalue weighted by molar-refractivity contribution is -0.141. The Morgan fingerprint density at radius 2 is 1.63 bits per heavy atom. The van der Waals surface area contributed by atoms with Crippen molar-refractivity contribution in [3.8, 4) is 0 Å². The Bertz CT molecular complexity index is 1060. The Balaban J connectivity index is 2.17. The number of nitrogens with one attached hydrogen (secondary N) is 1. The van der Waals surface area contributed by atoms with Crippen LogP contribution < -0.4 is 9.62 Å². The lowest BCUT2D eigenvalue weighted by Crippen LogP contribution is -2.49. The Kier molecular flexibility index (Phi) is 11.2. The first-order valence-electron chi connectivity index (χ1n) is 12.3. The number of rotatable bonds is 14. The molecule has 0 bridgehead atoms. The predicted octanol–water partition coefficient (Wildman–Crippen LogP) is 4.26. The van der Waals surface area contributed by atoms with Gasteiger partial charge in [-0.2, -0.15) is 0 Å². The van der Waals surface area contributed by atoms with Gasteiger partial charge in [-0.15, -0.1) is 0 Å². The second kappa shape index (κ2) is 13.9. The second-order valence-electron chi connectivity index (χ2n) is 8.80. The molecule has 7 nitrogen and oxygen atoms in total. The third kappa shape index (κ3) is 8.69. The molecule has 1 atom stereocenters. The van der Waals surface area contributed by atoms with Crippen LogP contribution in [0, 0.1) is 6.92 Å². The normalized spacial score (nSPS) is 12.1. The molecule has 0 radical (unpaired) electrons. The number of benzene rings is 2. The Morgan fingerprint density at radius 3 is 2.23 bits per heavy atom. The molecule has 0 unspecified atom stereocenters. The molecule has 35 heavy (non-hydrogen) atoms. The van der Waals surface area contributed by atoms with E-state index >= 15 is 0 Å². The highest BCUT2D eigenvalue weighted by molar-refractivity contribution is 7.92. The van der Waals surface area contributed by atoms with E-state index < -0.39 is 16.1 Å². The van der Waals surface area contributed by atoms with Crippen molar-refractivity contribution in [3.05, 3.63) is 65.7 Å². The first-order valence-corrected chi connectivity index (χ1v) is 14.2. The van der Waals surface area contributed by atoms with E-state index in [0.29, 0.717) is 31.6 Å². The molecule has 8 heteroatoms. The van der Waals surface area contributed by atoms with Gasteiger partial charge in [0.05, 0.1) is 11.9 Å². The smallest absolute Gasteiger partial charge is 0.242 e. The third-order valence-corrected chi connectivity index (χ3v) is 7.13. The molecular weight excluding hydrogens is 462 g/mol. The topological polar surface area (TPSA) is 86.8 Å². The van der Waals surface area contributed by atoms with Crippen LogP contribution in [0.2, 0.25) is 0 Å². The molecule has 0 heterocycles. The van der Waals surface area contributed by atoms with Crippen LogP contribution in [-0.2, 0) is 26.2 Å². The molecule has 0 saturated heterocycles. The van der Waals surface area contributed by atoms with Gasteiger partial charge < -0.3 is 10.2 Å². The first kappa shape index (κ1) is 28.4. The van der Waals surface area contributed by atoms with Gasteiger partial charge in [-0.25, -0.2) is 8.42 Å². The quantitative estimate of drug-likeness (QED) is 0.392. The Morgan fingerprint density at radius 1 is 0.971 bits per heavy atom. The summed E-state index contributed by atoms with van der Waals surface area (Å²) in [4.78, 5) is 28.0. The van der Waals surface area contributed by atoms with Crippen molar-refractivity contribution in [1.82, 2.24) is 10.2 Å². The summed E-state index contributed by atoms with van der Waals surface area (Å²) in [5.41, 5.74) is 2.41. The largest absolute Gasteiger partial charge is 0.354 e. The van der Waals surface area contributed by atoms with E-state index in [1.54, 1.807) is 17.0 Å². The summed E-state index contributed by atoms with van der Waals surface area (Å²) in [5, 5.41) is 2.96. The predicted molar refractivity (Wildman–Crippen MR) is 142 cm³/mol. The van der Waals surface area contributed by atoms with Gasteiger partial charge in [0.15, 0.2) is 0 Å². The Hall–Kier alpha value is -2.87. The highest BCUT2D eigenvalue weighted by atomic mass is 32.2. The number of carbonyl (C=O) groups excluding carboxylic acids is 2. The SMILES string of the molecule is CCCCNC(=O)[C@H](CC)N(Cc1ccccc1)C(=O)CCCN(c1ccccc1C)S(C)(=O)=O. The highest BCUT2D eigenvalue weighted by Gasteiger charge is 2.28. The van der Waals surface area contributed by atoms with Gasteiger partial charge in [-0.05, 0) is 43.4 Å². The summed E-state index contributed by atoms with van der Waals surface area (Å²) >= 11 is 0. The summed E-state index contributed by atoms with van der Waals surface area (Å²) in [5.74, 6) is -0.313. The summed E-state index contributed by atoms with van der Waals surface area (Å²) < 4.78 is 26.3. The average Bonchev–Trinajstić information content (AvgIpc) is 2.82. The van der Waals surface area contributed by atoms with E-state index in [4.69, 9.17) is 0 Å². The second-order valence-corrected chi connectivity index (χ2v) is 10.7. The van der Waals surface area contributed by atoms with Crippen LogP contribution in [-0.4, -0.2) is 50.5 Å². The number of aryl methyl sites for hydroxylation is 1. The number of nitrogens with zero attached hydrogens (tertiary/aromatic N) is 2. The number of para-hydroxylation sites is 1. The summed E-state index contributed by atoms with van der Waals surface area (Å²) in [7, 11) is -3.51. The zero-order valence-corrected chi connectivity index (χ0v) is 22.2. The molecule has 2 aromatic rings. The molecular formula is C27H39N3O4S. The van der Waals surface area contributed by atoms with Crippen molar-refractivity contribution >= 4 is 27.5 Å². The zero-order valence-electron chi connectivity index (χ0n) is 21.4. The molecule has 0 aliphatic heterocycles. The maximum atomic E-state index is 13.4. The van der Waals surface area contributed by atoms with E-state index in [1.165, 1.54) is 10.6 Å². The van der Waals surface area contributed by atoms with Crippen LogP contribution in [0.4, 0.5) is 5.69 Å². The standard InChI is InChI=1S/C27H39N3O4S/c1-5-7-19-28-27(32)24(6-2)29(21-23-15-9-8-10-16-23)26(31)18-13-20-30(35(4,33)34)25-17-12-11-14-22(25)3/h8-12,14-17,24H,5-7,13,18-21H2,1-4H3,(H,28,32)/t24-/m0/s1. The minimum atomic E-state index is -3.51. The van der Waals surface area contributed by atoms with Crippen LogP contribution in [0.1, 0.15) is 57.1 Å². The van der Waals surface area contributed by atoms with E-state index in [-0.39, 0.29) is 24.8 Å². The summed E-state index contributed by atoms with van der Waals surface area (Å²) in [6, 6.07) is 16.3. The van der Waals surface area contributed by atoms with Gasteiger partial charge in [0.1, 0.15) is 6.04 Å². The van der Waals surface area contributed by atoms with Gasteiger partial charge in [-0.3, -0.25) is 13.9 Å². The van der Waals surface area contributed by atoms with Crippen LogP contribution in [0.15, 0.2) is 54.6 Å². The minimum absolute atomic E-state index is 0.142. The van der Waals surface area contributed by atoms with E-state index in [2.05, 4.69) is 12.2 Å².